The lowest BCUT2D eigenvalue weighted by molar-refractivity contribution is 0.672. The van der Waals surface area contributed by atoms with Gasteiger partial charge in [0, 0.05) is 21.2 Å². The van der Waals surface area contributed by atoms with Gasteiger partial charge in [0.05, 0.1) is 0 Å². The fourth-order valence-electron chi connectivity index (χ4n) is 2.77. The van der Waals surface area contributed by atoms with E-state index in [1.807, 2.05) is 38.2 Å². The van der Waals surface area contributed by atoms with Crippen molar-refractivity contribution >= 4 is 57.6 Å². The number of para-hydroxylation sites is 1. The van der Waals surface area contributed by atoms with Crippen LogP contribution in [0.3, 0.4) is 0 Å². The zero-order valence-corrected chi connectivity index (χ0v) is 11.2. The normalized spacial score (nSPS) is 11.6. The van der Waals surface area contributed by atoms with Gasteiger partial charge in [0.2, 0.25) is 0 Å². The molecular formula is C16H10BClO. The molecule has 0 aliphatic heterocycles. The van der Waals surface area contributed by atoms with Crippen molar-refractivity contribution < 1.29 is 4.42 Å². The molecule has 0 unspecified atom stereocenters. The second-order valence-corrected chi connectivity index (χ2v) is 5.16. The van der Waals surface area contributed by atoms with E-state index in [0.717, 1.165) is 43.2 Å². The summed E-state index contributed by atoms with van der Waals surface area (Å²) in [6.45, 7) is 0. The summed E-state index contributed by atoms with van der Waals surface area (Å²) in [6.07, 6.45) is 0. The lowest BCUT2D eigenvalue weighted by Crippen LogP contribution is -2.05. The molecule has 3 aromatic carbocycles. The molecule has 0 radical (unpaired) electrons. The molecule has 0 aliphatic carbocycles. The van der Waals surface area contributed by atoms with Crippen LogP contribution in [0.4, 0.5) is 0 Å². The second kappa shape index (κ2) is 3.78. The van der Waals surface area contributed by atoms with E-state index in [0.29, 0.717) is 0 Å². The van der Waals surface area contributed by atoms with Crippen molar-refractivity contribution in [2.24, 2.45) is 0 Å². The SMILES string of the molecule is Bc1c(Cl)c2ccccc2c2c1oc1ccccc12. The minimum Gasteiger partial charge on any atom is -0.457 e. The van der Waals surface area contributed by atoms with Crippen molar-refractivity contribution in [1.82, 2.24) is 0 Å². The Kier molecular flexibility index (Phi) is 2.18. The molecule has 19 heavy (non-hydrogen) atoms. The molecule has 0 saturated heterocycles. The lowest BCUT2D eigenvalue weighted by Gasteiger charge is -2.06. The van der Waals surface area contributed by atoms with Crippen LogP contribution >= 0.6 is 11.6 Å². The molecule has 1 heterocycles. The molecule has 0 fully saturated rings. The molecule has 4 aromatic rings. The van der Waals surface area contributed by atoms with Gasteiger partial charge in [-0.25, -0.2) is 0 Å². The molecule has 1 aromatic heterocycles. The van der Waals surface area contributed by atoms with E-state index in [4.69, 9.17) is 16.0 Å². The number of hydrogen-bond donors (Lipinski definition) is 0. The van der Waals surface area contributed by atoms with Gasteiger partial charge in [-0.05, 0) is 16.9 Å². The predicted octanol–water partition coefficient (Wildman–Crippen LogP) is 3.65. The first-order valence-corrected chi connectivity index (χ1v) is 6.63. The summed E-state index contributed by atoms with van der Waals surface area (Å²) in [5.74, 6) is 0. The zero-order valence-electron chi connectivity index (χ0n) is 10.4. The maximum atomic E-state index is 6.47. The van der Waals surface area contributed by atoms with Crippen molar-refractivity contribution in [2.45, 2.75) is 0 Å². The Morgan fingerprint density at radius 1 is 0.842 bits per heavy atom. The number of halogens is 1. The maximum Gasteiger partial charge on any atom is 0.146 e. The van der Waals surface area contributed by atoms with E-state index in [1.54, 1.807) is 0 Å². The van der Waals surface area contributed by atoms with E-state index >= 15 is 0 Å². The van der Waals surface area contributed by atoms with Gasteiger partial charge < -0.3 is 4.42 Å². The molecule has 0 spiro atoms. The largest absolute Gasteiger partial charge is 0.457 e. The fourth-order valence-corrected chi connectivity index (χ4v) is 3.02. The van der Waals surface area contributed by atoms with Gasteiger partial charge in [0.1, 0.15) is 19.0 Å². The highest BCUT2D eigenvalue weighted by atomic mass is 35.5. The standard InChI is InChI=1S/C16H10BClO/c17-14-15(18)10-6-2-1-5-9(10)13-11-7-3-4-8-12(11)19-16(13)14/h1-8H,17H2. The van der Waals surface area contributed by atoms with Crippen LogP contribution in [0, 0.1) is 0 Å². The van der Waals surface area contributed by atoms with Crippen molar-refractivity contribution in [2.75, 3.05) is 0 Å². The Labute approximate surface area is 116 Å². The molecule has 3 heteroatoms. The molecule has 4 rings (SSSR count). The number of furan rings is 1. The third-order valence-corrected chi connectivity index (χ3v) is 4.19. The van der Waals surface area contributed by atoms with Gasteiger partial charge in [-0.2, -0.15) is 0 Å². The number of benzene rings is 3. The van der Waals surface area contributed by atoms with Gasteiger partial charge in [-0.1, -0.05) is 54.1 Å². The molecule has 0 atom stereocenters. The van der Waals surface area contributed by atoms with Crippen LogP contribution in [0.1, 0.15) is 0 Å². The molecular weight excluding hydrogens is 254 g/mol. The lowest BCUT2D eigenvalue weighted by atomic mass is 9.90. The van der Waals surface area contributed by atoms with Crippen molar-refractivity contribution in [3.63, 3.8) is 0 Å². The van der Waals surface area contributed by atoms with Crippen LogP contribution in [0.2, 0.25) is 5.02 Å². The maximum absolute atomic E-state index is 6.47. The minimum absolute atomic E-state index is 0.780. The average Bonchev–Trinajstić information content (AvgIpc) is 2.84. The zero-order chi connectivity index (χ0) is 13.0. The summed E-state index contributed by atoms with van der Waals surface area (Å²) < 4.78 is 5.99. The first kappa shape index (κ1) is 10.9. The summed E-state index contributed by atoms with van der Waals surface area (Å²) >= 11 is 6.47. The molecule has 0 saturated carbocycles. The van der Waals surface area contributed by atoms with E-state index in [-0.39, 0.29) is 0 Å². The molecule has 0 N–H and O–H groups in total. The first-order valence-electron chi connectivity index (χ1n) is 6.25. The van der Waals surface area contributed by atoms with Crippen molar-refractivity contribution in [3.05, 3.63) is 53.6 Å². The Morgan fingerprint density at radius 3 is 2.26 bits per heavy atom. The van der Waals surface area contributed by atoms with Crippen LogP contribution < -0.4 is 5.46 Å². The topological polar surface area (TPSA) is 13.1 Å². The Hall–Kier alpha value is -1.93. The van der Waals surface area contributed by atoms with Gasteiger partial charge in [0.25, 0.3) is 0 Å². The van der Waals surface area contributed by atoms with Gasteiger partial charge >= 0.3 is 0 Å². The summed E-state index contributed by atoms with van der Waals surface area (Å²) in [4.78, 5) is 0. The van der Waals surface area contributed by atoms with Crippen LogP contribution in [-0.2, 0) is 0 Å². The summed E-state index contributed by atoms with van der Waals surface area (Å²) in [5, 5.41) is 5.32. The number of fused-ring (bicyclic) bond motifs is 5. The van der Waals surface area contributed by atoms with E-state index in [1.165, 1.54) is 0 Å². The summed E-state index contributed by atoms with van der Waals surface area (Å²) in [5.41, 5.74) is 2.81. The van der Waals surface area contributed by atoms with E-state index in [9.17, 15) is 0 Å². The van der Waals surface area contributed by atoms with Crippen LogP contribution in [0.15, 0.2) is 52.9 Å². The van der Waals surface area contributed by atoms with Crippen molar-refractivity contribution in [3.8, 4) is 0 Å². The van der Waals surface area contributed by atoms with Crippen LogP contribution in [0.5, 0.6) is 0 Å². The Balaban J connectivity index is 2.43. The van der Waals surface area contributed by atoms with Crippen LogP contribution in [-0.4, -0.2) is 7.85 Å². The molecule has 90 valence electrons. The minimum atomic E-state index is 0.780. The van der Waals surface area contributed by atoms with E-state index < -0.39 is 0 Å². The fraction of sp³-hybridized carbons (Fsp3) is 0. The number of rotatable bonds is 0. The Morgan fingerprint density at radius 2 is 1.47 bits per heavy atom. The van der Waals surface area contributed by atoms with E-state index in [2.05, 4.69) is 18.2 Å². The van der Waals surface area contributed by atoms with Gasteiger partial charge in [0.15, 0.2) is 0 Å². The highest BCUT2D eigenvalue weighted by molar-refractivity contribution is 6.53. The third-order valence-electron chi connectivity index (χ3n) is 3.70. The number of hydrogen-bond acceptors (Lipinski definition) is 1. The quantitative estimate of drug-likeness (QED) is 0.442. The molecule has 1 nitrogen and oxygen atoms in total. The highest BCUT2D eigenvalue weighted by Gasteiger charge is 2.15. The van der Waals surface area contributed by atoms with Gasteiger partial charge in [-0.15, -0.1) is 0 Å². The van der Waals surface area contributed by atoms with Crippen molar-refractivity contribution in [1.29, 1.82) is 0 Å². The second-order valence-electron chi connectivity index (χ2n) is 4.79. The highest BCUT2D eigenvalue weighted by Crippen LogP contribution is 2.36. The average molecular weight is 265 g/mol. The van der Waals surface area contributed by atoms with Gasteiger partial charge in [-0.3, -0.25) is 0 Å². The molecule has 0 aliphatic rings. The third kappa shape index (κ3) is 1.38. The summed E-state index contributed by atoms with van der Waals surface area (Å²) in [6, 6.07) is 16.3. The molecule has 0 bridgehead atoms. The monoisotopic (exact) mass is 264 g/mol. The summed E-state index contributed by atoms with van der Waals surface area (Å²) in [7, 11) is 2.01. The smallest absolute Gasteiger partial charge is 0.146 e. The Bertz CT molecular complexity index is 940. The predicted molar refractivity (Wildman–Crippen MR) is 84.4 cm³/mol. The first-order chi connectivity index (χ1) is 9.27. The molecule has 0 amide bonds. The van der Waals surface area contributed by atoms with Crippen LogP contribution in [0.25, 0.3) is 32.7 Å².